The Morgan fingerprint density at radius 3 is 1.91 bits per heavy atom. The third kappa shape index (κ3) is 3.05. The van der Waals surface area contributed by atoms with Gasteiger partial charge in [0.2, 0.25) is 17.7 Å². The zero-order valence-corrected chi connectivity index (χ0v) is 12.9. The molecule has 0 saturated carbocycles. The first-order chi connectivity index (χ1) is 10.8. The number of aromatic nitrogens is 2. The summed E-state index contributed by atoms with van der Waals surface area (Å²) in [5, 5.41) is 0. The fourth-order valence-corrected chi connectivity index (χ4v) is 2.55. The summed E-state index contributed by atoms with van der Waals surface area (Å²) in [6.45, 7) is 3.61. The summed E-state index contributed by atoms with van der Waals surface area (Å²) >= 11 is 0. The van der Waals surface area contributed by atoms with Crippen molar-refractivity contribution in [3.63, 3.8) is 0 Å². The van der Waals surface area contributed by atoms with Crippen LogP contribution in [0.1, 0.15) is 0 Å². The smallest absolute Gasteiger partial charge is 0.232 e. The van der Waals surface area contributed by atoms with Crippen LogP contribution >= 0.6 is 0 Å². The standard InChI is InChI=1S/C16H20N4O2/c1-21-14-12-15(22-2)18-16(17-14)20-10-8-19(9-11-20)13-6-4-3-5-7-13/h3-7,12H,8-11H2,1-2H3. The number of hydrogen-bond donors (Lipinski definition) is 0. The second-order valence-electron chi connectivity index (χ2n) is 5.06. The van der Waals surface area contributed by atoms with Crippen molar-refractivity contribution >= 4 is 11.6 Å². The van der Waals surface area contributed by atoms with Crippen LogP contribution in [0.4, 0.5) is 11.6 Å². The van der Waals surface area contributed by atoms with E-state index >= 15 is 0 Å². The minimum absolute atomic E-state index is 0.521. The van der Waals surface area contributed by atoms with Crippen LogP contribution in [0.25, 0.3) is 0 Å². The molecule has 1 aliphatic rings. The molecule has 22 heavy (non-hydrogen) atoms. The molecule has 2 heterocycles. The van der Waals surface area contributed by atoms with Gasteiger partial charge in [-0.1, -0.05) is 18.2 Å². The van der Waals surface area contributed by atoms with Crippen LogP contribution in [0.15, 0.2) is 36.4 Å². The van der Waals surface area contributed by atoms with Crippen molar-refractivity contribution in [2.45, 2.75) is 0 Å². The molecular weight excluding hydrogens is 280 g/mol. The van der Waals surface area contributed by atoms with Crippen molar-refractivity contribution in [1.82, 2.24) is 9.97 Å². The molecule has 2 aromatic rings. The molecule has 0 atom stereocenters. The van der Waals surface area contributed by atoms with Gasteiger partial charge < -0.3 is 19.3 Å². The predicted octanol–water partition coefficient (Wildman–Crippen LogP) is 1.82. The summed E-state index contributed by atoms with van der Waals surface area (Å²) in [5.74, 6) is 1.70. The lowest BCUT2D eigenvalue weighted by molar-refractivity contribution is 0.371. The number of hydrogen-bond acceptors (Lipinski definition) is 6. The second kappa shape index (κ2) is 6.51. The Hall–Kier alpha value is -2.50. The van der Waals surface area contributed by atoms with Crippen molar-refractivity contribution in [2.24, 2.45) is 0 Å². The molecule has 3 rings (SSSR count). The average molecular weight is 300 g/mol. The Balaban J connectivity index is 1.71. The molecule has 0 amide bonds. The van der Waals surface area contributed by atoms with Crippen LogP contribution in [0.3, 0.4) is 0 Å². The number of para-hydroxylation sites is 1. The highest BCUT2D eigenvalue weighted by molar-refractivity contribution is 5.48. The van der Waals surface area contributed by atoms with Crippen LogP contribution in [0.2, 0.25) is 0 Å². The molecule has 0 unspecified atom stereocenters. The van der Waals surface area contributed by atoms with Gasteiger partial charge in [-0.25, -0.2) is 0 Å². The zero-order chi connectivity index (χ0) is 15.4. The first-order valence-electron chi connectivity index (χ1n) is 7.32. The summed E-state index contributed by atoms with van der Waals surface area (Å²) in [7, 11) is 3.19. The summed E-state index contributed by atoms with van der Waals surface area (Å²) in [4.78, 5) is 13.4. The van der Waals surface area contributed by atoms with E-state index in [4.69, 9.17) is 9.47 Å². The van der Waals surface area contributed by atoms with E-state index in [1.54, 1.807) is 20.3 Å². The molecule has 0 spiro atoms. The molecule has 0 bridgehead atoms. The van der Waals surface area contributed by atoms with Crippen molar-refractivity contribution < 1.29 is 9.47 Å². The van der Waals surface area contributed by atoms with Gasteiger partial charge in [-0.15, -0.1) is 0 Å². The quantitative estimate of drug-likeness (QED) is 0.858. The van der Waals surface area contributed by atoms with E-state index in [2.05, 4.69) is 44.0 Å². The van der Waals surface area contributed by atoms with Crippen LogP contribution < -0.4 is 19.3 Å². The Morgan fingerprint density at radius 1 is 0.818 bits per heavy atom. The maximum atomic E-state index is 5.21. The zero-order valence-electron chi connectivity index (χ0n) is 12.9. The summed E-state index contributed by atoms with van der Waals surface area (Å²) in [5.41, 5.74) is 1.26. The fourth-order valence-electron chi connectivity index (χ4n) is 2.55. The Bertz CT molecular complexity index is 591. The lowest BCUT2D eigenvalue weighted by Gasteiger charge is -2.36. The molecule has 1 fully saturated rings. The summed E-state index contributed by atoms with van der Waals surface area (Å²) < 4.78 is 10.4. The highest BCUT2D eigenvalue weighted by Crippen LogP contribution is 2.22. The van der Waals surface area contributed by atoms with Gasteiger partial charge in [-0.2, -0.15) is 9.97 Å². The van der Waals surface area contributed by atoms with Gasteiger partial charge in [0.15, 0.2) is 0 Å². The van der Waals surface area contributed by atoms with Gasteiger partial charge >= 0.3 is 0 Å². The first kappa shape index (κ1) is 14.4. The van der Waals surface area contributed by atoms with E-state index in [-0.39, 0.29) is 0 Å². The topological polar surface area (TPSA) is 50.7 Å². The normalized spacial score (nSPS) is 14.8. The fraction of sp³-hybridized carbons (Fsp3) is 0.375. The molecule has 1 aromatic heterocycles. The number of ether oxygens (including phenoxy) is 2. The maximum Gasteiger partial charge on any atom is 0.232 e. The molecule has 0 radical (unpaired) electrons. The Labute approximate surface area is 130 Å². The van der Waals surface area contributed by atoms with Crippen LogP contribution in [-0.2, 0) is 0 Å². The van der Waals surface area contributed by atoms with Gasteiger partial charge in [-0.3, -0.25) is 0 Å². The minimum Gasteiger partial charge on any atom is -0.481 e. The van der Waals surface area contributed by atoms with Crippen molar-refractivity contribution in [3.8, 4) is 11.8 Å². The molecule has 0 N–H and O–H groups in total. The lowest BCUT2D eigenvalue weighted by Crippen LogP contribution is -2.47. The third-order valence-electron chi connectivity index (χ3n) is 3.77. The third-order valence-corrected chi connectivity index (χ3v) is 3.77. The lowest BCUT2D eigenvalue weighted by atomic mass is 10.2. The van der Waals surface area contributed by atoms with Crippen molar-refractivity contribution in [2.75, 3.05) is 50.2 Å². The number of piperazine rings is 1. The van der Waals surface area contributed by atoms with Gasteiger partial charge in [-0.05, 0) is 12.1 Å². The largest absolute Gasteiger partial charge is 0.481 e. The van der Waals surface area contributed by atoms with E-state index in [1.165, 1.54) is 5.69 Å². The van der Waals surface area contributed by atoms with E-state index in [9.17, 15) is 0 Å². The van der Waals surface area contributed by atoms with E-state index in [0.29, 0.717) is 17.7 Å². The number of rotatable bonds is 4. The van der Waals surface area contributed by atoms with E-state index in [1.807, 2.05) is 6.07 Å². The molecule has 6 heteroatoms. The molecule has 1 aliphatic heterocycles. The maximum absolute atomic E-state index is 5.21. The van der Waals surface area contributed by atoms with Crippen LogP contribution in [-0.4, -0.2) is 50.4 Å². The summed E-state index contributed by atoms with van der Waals surface area (Å²) in [6.07, 6.45) is 0. The first-order valence-corrected chi connectivity index (χ1v) is 7.32. The molecule has 1 aromatic carbocycles. The molecule has 0 aliphatic carbocycles. The number of methoxy groups -OCH3 is 2. The van der Waals surface area contributed by atoms with E-state index in [0.717, 1.165) is 26.2 Å². The Morgan fingerprint density at radius 2 is 1.36 bits per heavy atom. The minimum atomic E-state index is 0.521. The monoisotopic (exact) mass is 300 g/mol. The van der Waals surface area contributed by atoms with E-state index < -0.39 is 0 Å². The summed E-state index contributed by atoms with van der Waals surface area (Å²) in [6, 6.07) is 12.1. The number of anilines is 2. The Kier molecular flexibility index (Phi) is 4.27. The van der Waals surface area contributed by atoms with Crippen LogP contribution in [0, 0.1) is 0 Å². The van der Waals surface area contributed by atoms with Crippen molar-refractivity contribution in [3.05, 3.63) is 36.4 Å². The molecular formula is C16H20N4O2. The molecule has 1 saturated heterocycles. The van der Waals surface area contributed by atoms with Gasteiger partial charge in [0.05, 0.1) is 20.3 Å². The number of nitrogens with zero attached hydrogens (tertiary/aromatic N) is 4. The highest BCUT2D eigenvalue weighted by atomic mass is 16.5. The van der Waals surface area contributed by atoms with Crippen LogP contribution in [0.5, 0.6) is 11.8 Å². The average Bonchev–Trinajstić information content (AvgIpc) is 2.62. The van der Waals surface area contributed by atoms with Gasteiger partial charge in [0.25, 0.3) is 0 Å². The number of benzene rings is 1. The SMILES string of the molecule is COc1cc(OC)nc(N2CCN(c3ccccc3)CC2)n1. The second-order valence-corrected chi connectivity index (χ2v) is 5.06. The van der Waals surface area contributed by atoms with Crippen molar-refractivity contribution in [1.29, 1.82) is 0 Å². The molecule has 6 nitrogen and oxygen atoms in total. The highest BCUT2D eigenvalue weighted by Gasteiger charge is 2.20. The van der Waals surface area contributed by atoms with Gasteiger partial charge in [0, 0.05) is 31.9 Å². The van der Waals surface area contributed by atoms with Gasteiger partial charge in [0.1, 0.15) is 0 Å². The molecule has 116 valence electrons. The predicted molar refractivity (Wildman–Crippen MR) is 86.0 cm³/mol.